The number of Topliss-reactive ketones (excluding diaryl/α,β-unsaturated/α-hetero) is 1. The van der Waals surface area contributed by atoms with Gasteiger partial charge >= 0.3 is 0 Å². The number of aliphatic hydroxyl groups excluding tert-OH is 2. The number of carbonyl (C=O) groups excluding carboxylic acids is 2. The summed E-state index contributed by atoms with van der Waals surface area (Å²) in [5.74, 6) is -0.418. The van der Waals surface area contributed by atoms with E-state index in [1.807, 2.05) is 36.0 Å². The van der Waals surface area contributed by atoms with E-state index in [0.29, 0.717) is 19.4 Å². The van der Waals surface area contributed by atoms with E-state index >= 15 is 0 Å². The van der Waals surface area contributed by atoms with Crippen molar-refractivity contribution in [1.29, 1.82) is 0 Å². The highest BCUT2D eigenvalue weighted by molar-refractivity contribution is 6.01. The number of fused-ring (bicyclic) bond motifs is 7. The average molecular weight is 589 g/mol. The third-order valence-electron chi connectivity index (χ3n) is 11.4. The number of nitro benzene ring substituents is 1. The minimum atomic E-state index is -1.40. The first kappa shape index (κ1) is 28.3. The topological polar surface area (TPSA) is 141 Å². The smallest absolute Gasteiger partial charge is 0.269 e. The van der Waals surface area contributed by atoms with Crippen LogP contribution in [0.3, 0.4) is 0 Å². The molecule has 0 amide bonds. The number of aromatic nitrogens is 1. The predicted molar refractivity (Wildman–Crippen MR) is 154 cm³/mol. The number of non-ortho nitro benzene ring substituents is 1. The van der Waals surface area contributed by atoms with Crippen molar-refractivity contribution in [2.24, 2.45) is 28.6 Å². The van der Waals surface area contributed by atoms with Crippen LogP contribution in [-0.2, 0) is 25.6 Å². The molecule has 0 spiro atoms. The van der Waals surface area contributed by atoms with Gasteiger partial charge < -0.3 is 24.3 Å². The van der Waals surface area contributed by atoms with E-state index in [-0.39, 0.29) is 29.2 Å². The van der Waals surface area contributed by atoms with Crippen molar-refractivity contribution in [3.8, 4) is 0 Å². The number of nitrogens with zero attached hydrogens (tertiary/aromatic N) is 2. The molecule has 7 rings (SSSR count). The van der Waals surface area contributed by atoms with Crippen LogP contribution in [0, 0.1) is 38.7 Å². The first-order valence-electron chi connectivity index (χ1n) is 15.0. The number of benzene rings is 1. The lowest BCUT2D eigenvalue weighted by Gasteiger charge is -2.59. The van der Waals surface area contributed by atoms with Gasteiger partial charge in [-0.05, 0) is 61.3 Å². The number of carbonyl (C=O) groups is 2. The normalized spacial score (nSPS) is 39.4. The summed E-state index contributed by atoms with van der Waals surface area (Å²) in [6.07, 6.45) is 9.36. The number of aliphatic hydroxyl groups is 2. The second-order valence-electron chi connectivity index (χ2n) is 13.4. The molecule has 1 aliphatic heterocycles. The van der Waals surface area contributed by atoms with Crippen LogP contribution in [0.5, 0.6) is 0 Å². The Morgan fingerprint density at radius 2 is 1.98 bits per heavy atom. The number of rotatable bonds is 6. The van der Waals surface area contributed by atoms with Crippen LogP contribution in [0.4, 0.5) is 5.69 Å². The van der Waals surface area contributed by atoms with Crippen LogP contribution in [-0.4, -0.2) is 55.7 Å². The Morgan fingerprint density at radius 1 is 1.21 bits per heavy atom. The molecule has 0 unspecified atom stereocenters. The minimum absolute atomic E-state index is 0.0154. The van der Waals surface area contributed by atoms with Crippen molar-refractivity contribution in [3.63, 3.8) is 0 Å². The second kappa shape index (κ2) is 9.79. The van der Waals surface area contributed by atoms with Gasteiger partial charge in [0.1, 0.15) is 6.61 Å². The van der Waals surface area contributed by atoms with Crippen LogP contribution in [0.1, 0.15) is 56.9 Å². The summed E-state index contributed by atoms with van der Waals surface area (Å²) in [6, 6.07) is 8.25. The molecule has 10 nitrogen and oxygen atoms in total. The quantitative estimate of drug-likeness (QED) is 0.380. The van der Waals surface area contributed by atoms with Crippen molar-refractivity contribution in [2.45, 2.75) is 70.2 Å². The van der Waals surface area contributed by atoms with Gasteiger partial charge in [-0.1, -0.05) is 37.6 Å². The van der Waals surface area contributed by atoms with Crippen LogP contribution < -0.4 is 0 Å². The Morgan fingerprint density at radius 3 is 2.70 bits per heavy atom. The minimum Gasteiger partial charge on any atom is -0.393 e. The third-order valence-corrected chi connectivity index (χ3v) is 11.4. The molecule has 10 heteroatoms. The summed E-state index contributed by atoms with van der Waals surface area (Å²) in [7, 11) is 0. The van der Waals surface area contributed by atoms with Crippen molar-refractivity contribution >= 4 is 17.3 Å². The van der Waals surface area contributed by atoms with Gasteiger partial charge in [-0.25, -0.2) is 0 Å². The highest BCUT2D eigenvalue weighted by atomic mass is 16.7. The molecule has 3 saturated carbocycles. The van der Waals surface area contributed by atoms with Crippen LogP contribution in [0.25, 0.3) is 0 Å². The number of hydrogen-bond acceptors (Lipinski definition) is 8. The first-order valence-corrected chi connectivity index (χ1v) is 15.0. The van der Waals surface area contributed by atoms with E-state index < -0.39 is 52.2 Å². The summed E-state index contributed by atoms with van der Waals surface area (Å²) in [5, 5.41) is 33.0. The molecule has 43 heavy (non-hydrogen) atoms. The maximum atomic E-state index is 13.7. The summed E-state index contributed by atoms with van der Waals surface area (Å²) in [4.78, 5) is 36.4. The molecule has 0 bridgehead atoms. The van der Waals surface area contributed by atoms with Gasteiger partial charge in [0.15, 0.2) is 23.5 Å². The lowest BCUT2D eigenvalue weighted by Crippen LogP contribution is -2.63. The lowest BCUT2D eigenvalue weighted by atomic mass is 9.46. The highest BCUT2D eigenvalue weighted by Crippen LogP contribution is 2.70. The molecule has 1 saturated heterocycles. The standard InChI is InChI=1S/C33H36N2O8/c1-31-11-9-23(37)13-21(31)5-8-24-25-14-28-33(27(39)18-36,32(25,2)15-26(38)29(24)31)43-30(42-28)20-10-12-34(17-20)16-19-3-6-22(7-4-19)35(40)41/h3-4,6-7,9-13,17,24-26,28-30,36,38H,5,8,14-16,18H2,1-2H3/t24-,25-,26-,28+,29+,30+,31-,32-,33+/m0/s1. The van der Waals surface area contributed by atoms with Crippen molar-refractivity contribution < 1.29 is 34.2 Å². The number of nitro groups is 1. The zero-order valence-corrected chi connectivity index (χ0v) is 24.2. The van der Waals surface area contributed by atoms with Gasteiger partial charge in [0.2, 0.25) is 0 Å². The summed E-state index contributed by atoms with van der Waals surface area (Å²) < 4.78 is 15.1. The van der Waals surface area contributed by atoms with Gasteiger partial charge in [0.25, 0.3) is 5.69 Å². The van der Waals surface area contributed by atoms with Crippen molar-refractivity contribution in [1.82, 2.24) is 4.57 Å². The monoisotopic (exact) mass is 588 g/mol. The van der Waals surface area contributed by atoms with E-state index in [4.69, 9.17) is 9.47 Å². The molecule has 2 heterocycles. The SMILES string of the molecule is C[C@]12C=CC(=O)C=C1CC[C@@H]1[C@@H]2[C@@H](O)C[C@@]2(C)[C@H]1C[C@H]1O[C@@H](c3ccn(Cc4ccc([N+](=O)[O-])cc4)c3)O[C@]12C(=O)CO. The Bertz CT molecular complexity index is 1560. The Balaban J connectivity index is 1.16. The largest absolute Gasteiger partial charge is 0.393 e. The summed E-state index contributed by atoms with van der Waals surface area (Å²) >= 11 is 0. The van der Waals surface area contributed by atoms with Crippen LogP contribution in [0.2, 0.25) is 0 Å². The Kier molecular flexibility index (Phi) is 6.45. The fraction of sp³-hybridized carbons (Fsp3) is 0.515. The Labute approximate surface area is 249 Å². The molecule has 226 valence electrons. The van der Waals surface area contributed by atoms with E-state index in [0.717, 1.165) is 29.5 Å². The molecule has 1 aromatic heterocycles. The lowest BCUT2D eigenvalue weighted by molar-refractivity contribution is -0.384. The van der Waals surface area contributed by atoms with E-state index in [9.17, 15) is 29.9 Å². The number of ether oxygens (including phenoxy) is 2. The molecule has 2 aromatic rings. The average Bonchev–Trinajstić information content (AvgIpc) is 3.66. The maximum absolute atomic E-state index is 13.7. The molecule has 1 aromatic carbocycles. The van der Waals surface area contributed by atoms with Crippen LogP contribution >= 0.6 is 0 Å². The van der Waals surface area contributed by atoms with Gasteiger partial charge in [-0.3, -0.25) is 19.7 Å². The molecule has 5 aliphatic rings. The fourth-order valence-electron chi connectivity index (χ4n) is 9.47. The zero-order chi connectivity index (χ0) is 30.3. The van der Waals surface area contributed by atoms with Gasteiger partial charge in [-0.15, -0.1) is 0 Å². The molecule has 4 fully saturated rings. The van der Waals surface area contributed by atoms with E-state index in [2.05, 4.69) is 6.92 Å². The number of allylic oxidation sites excluding steroid dienone is 4. The number of hydrogen-bond donors (Lipinski definition) is 2. The maximum Gasteiger partial charge on any atom is 0.269 e. The summed E-state index contributed by atoms with van der Waals surface area (Å²) in [6.45, 7) is 3.93. The van der Waals surface area contributed by atoms with Crippen molar-refractivity contribution in [2.75, 3.05) is 6.61 Å². The van der Waals surface area contributed by atoms with Crippen LogP contribution in [0.15, 0.2) is 66.5 Å². The van der Waals surface area contributed by atoms with Gasteiger partial charge in [0, 0.05) is 53.4 Å². The zero-order valence-electron chi connectivity index (χ0n) is 24.2. The molecule has 2 N–H and O–H groups in total. The Hall–Kier alpha value is -3.44. The number of ketones is 2. The second-order valence-corrected chi connectivity index (χ2v) is 13.4. The predicted octanol–water partition coefficient (Wildman–Crippen LogP) is 4.05. The fourth-order valence-corrected chi connectivity index (χ4v) is 9.47. The molecule has 4 aliphatic carbocycles. The van der Waals surface area contributed by atoms with E-state index in [1.54, 1.807) is 24.3 Å². The van der Waals surface area contributed by atoms with Crippen molar-refractivity contribution in [3.05, 3.63) is 87.8 Å². The molecule has 9 atom stereocenters. The third kappa shape index (κ3) is 4.00. The van der Waals surface area contributed by atoms with E-state index in [1.165, 1.54) is 12.1 Å². The molecular formula is C33H36N2O8. The van der Waals surface area contributed by atoms with Gasteiger partial charge in [-0.2, -0.15) is 0 Å². The molecule has 0 radical (unpaired) electrons. The molecular weight excluding hydrogens is 552 g/mol. The first-order chi connectivity index (χ1) is 20.5. The highest BCUT2D eigenvalue weighted by Gasteiger charge is 2.75. The van der Waals surface area contributed by atoms with Gasteiger partial charge in [0.05, 0.1) is 17.1 Å². The summed E-state index contributed by atoms with van der Waals surface area (Å²) in [5.41, 5.74) is 0.119.